The van der Waals surface area contributed by atoms with Gasteiger partial charge in [-0.3, -0.25) is 9.78 Å². The van der Waals surface area contributed by atoms with Crippen molar-refractivity contribution in [2.75, 3.05) is 72.9 Å². The lowest BCUT2D eigenvalue weighted by Crippen LogP contribution is -2.39. The number of hydrogen-bond donors (Lipinski definition) is 2. The lowest BCUT2D eigenvalue weighted by Gasteiger charge is -2.28. The first-order chi connectivity index (χ1) is 19.5. The molecule has 12 nitrogen and oxygen atoms in total. The minimum Gasteiger partial charge on any atom is -0.378 e. The highest BCUT2D eigenvalue weighted by molar-refractivity contribution is 5.99. The Morgan fingerprint density at radius 3 is 2.20 bits per heavy atom. The Hall–Kier alpha value is -4.32. The van der Waals surface area contributed by atoms with E-state index in [0.717, 1.165) is 25.1 Å². The SMILES string of the molecule is CC(C)C(=O)N1CCCN(c2nc(-c3ccc(NC(=O)Nc4cccnc4)cc3)nc(N3CCOCC3)n2)CC1. The summed E-state index contributed by atoms with van der Waals surface area (Å²) in [5, 5.41) is 5.58. The number of aromatic nitrogens is 4. The fourth-order valence-corrected chi connectivity index (χ4v) is 4.66. The Balaban J connectivity index is 1.35. The van der Waals surface area contributed by atoms with Crippen molar-refractivity contribution in [3.8, 4) is 11.4 Å². The van der Waals surface area contributed by atoms with Crippen LogP contribution in [0, 0.1) is 5.92 Å². The first-order valence-corrected chi connectivity index (χ1v) is 13.7. The van der Waals surface area contributed by atoms with Crippen molar-refractivity contribution in [2.45, 2.75) is 20.3 Å². The summed E-state index contributed by atoms with van der Waals surface area (Å²) in [4.78, 5) is 49.7. The number of amides is 3. The van der Waals surface area contributed by atoms with Crippen molar-refractivity contribution in [2.24, 2.45) is 5.92 Å². The number of rotatable bonds is 6. The van der Waals surface area contributed by atoms with Gasteiger partial charge in [-0.25, -0.2) is 4.79 Å². The van der Waals surface area contributed by atoms with E-state index in [9.17, 15) is 9.59 Å². The van der Waals surface area contributed by atoms with Gasteiger partial charge in [-0.15, -0.1) is 0 Å². The number of benzene rings is 1. The number of nitrogens with zero attached hydrogens (tertiary/aromatic N) is 7. The first-order valence-electron chi connectivity index (χ1n) is 13.7. The molecule has 2 fully saturated rings. The van der Waals surface area contributed by atoms with Crippen molar-refractivity contribution in [3.63, 3.8) is 0 Å². The van der Waals surface area contributed by atoms with Gasteiger partial charge in [0.05, 0.1) is 25.1 Å². The van der Waals surface area contributed by atoms with Crippen LogP contribution in [0.4, 0.5) is 28.1 Å². The first kappa shape index (κ1) is 27.3. The van der Waals surface area contributed by atoms with E-state index in [0.29, 0.717) is 68.5 Å². The molecule has 2 aromatic heterocycles. The van der Waals surface area contributed by atoms with Gasteiger partial charge in [-0.2, -0.15) is 15.0 Å². The Bertz CT molecular complexity index is 1300. The van der Waals surface area contributed by atoms with Gasteiger partial charge in [0, 0.05) is 62.6 Å². The number of urea groups is 1. The van der Waals surface area contributed by atoms with Crippen LogP contribution in [0.15, 0.2) is 48.8 Å². The fraction of sp³-hybridized carbons (Fsp3) is 0.429. The standard InChI is InChI=1S/C28H35N9O3/c1-20(2)25(38)35-11-4-12-36(14-13-35)26-32-24(33-27(34-26)37-15-17-40-18-16-37)21-6-8-22(9-7-21)30-28(39)31-23-5-3-10-29-19-23/h3,5-10,19-20H,4,11-18H2,1-2H3,(H2,30,31,39). The zero-order valence-corrected chi connectivity index (χ0v) is 22.9. The van der Waals surface area contributed by atoms with Crippen LogP contribution in [0.2, 0.25) is 0 Å². The highest BCUT2D eigenvalue weighted by Crippen LogP contribution is 2.24. The molecule has 0 unspecified atom stereocenters. The average molecular weight is 546 g/mol. The molecule has 12 heteroatoms. The zero-order valence-electron chi connectivity index (χ0n) is 22.9. The van der Waals surface area contributed by atoms with E-state index in [1.54, 1.807) is 24.5 Å². The van der Waals surface area contributed by atoms with Crippen LogP contribution in [0.1, 0.15) is 20.3 Å². The zero-order chi connectivity index (χ0) is 27.9. The summed E-state index contributed by atoms with van der Waals surface area (Å²) in [6.07, 6.45) is 4.07. The van der Waals surface area contributed by atoms with E-state index in [4.69, 9.17) is 19.7 Å². The third-order valence-corrected chi connectivity index (χ3v) is 6.81. The number of nitrogens with one attached hydrogen (secondary N) is 2. The molecule has 3 amide bonds. The summed E-state index contributed by atoms with van der Waals surface area (Å²) in [5.41, 5.74) is 2.05. The highest BCUT2D eigenvalue weighted by Gasteiger charge is 2.24. The Morgan fingerprint density at radius 1 is 0.825 bits per heavy atom. The van der Waals surface area contributed by atoms with Crippen molar-refractivity contribution in [3.05, 3.63) is 48.8 Å². The van der Waals surface area contributed by atoms with Gasteiger partial charge in [0.15, 0.2) is 5.82 Å². The predicted molar refractivity (Wildman–Crippen MR) is 153 cm³/mol. The summed E-state index contributed by atoms with van der Waals surface area (Å²) >= 11 is 0. The fourth-order valence-electron chi connectivity index (χ4n) is 4.66. The maximum atomic E-state index is 12.6. The van der Waals surface area contributed by atoms with Gasteiger partial charge in [0.25, 0.3) is 0 Å². The predicted octanol–water partition coefficient (Wildman–Crippen LogP) is 3.11. The average Bonchev–Trinajstić information content (AvgIpc) is 3.24. The Kier molecular flexibility index (Phi) is 8.65. The normalized spacial score (nSPS) is 16.0. The lowest BCUT2D eigenvalue weighted by molar-refractivity contribution is -0.134. The van der Waals surface area contributed by atoms with Crippen LogP contribution in [0.3, 0.4) is 0 Å². The number of ether oxygens (including phenoxy) is 1. The number of carbonyl (C=O) groups is 2. The summed E-state index contributed by atoms with van der Waals surface area (Å²) in [5.74, 6) is 1.92. The van der Waals surface area contributed by atoms with E-state index in [2.05, 4.69) is 25.4 Å². The van der Waals surface area contributed by atoms with E-state index in [-0.39, 0.29) is 17.9 Å². The lowest BCUT2D eigenvalue weighted by atomic mass is 10.2. The maximum absolute atomic E-state index is 12.6. The maximum Gasteiger partial charge on any atom is 0.323 e. The van der Waals surface area contributed by atoms with Crippen LogP contribution >= 0.6 is 0 Å². The molecule has 0 radical (unpaired) electrons. The van der Waals surface area contributed by atoms with Gasteiger partial charge >= 0.3 is 6.03 Å². The van der Waals surface area contributed by atoms with Gasteiger partial charge in [-0.1, -0.05) is 13.8 Å². The molecule has 0 spiro atoms. The largest absolute Gasteiger partial charge is 0.378 e. The monoisotopic (exact) mass is 545 g/mol. The molecule has 4 heterocycles. The van der Waals surface area contributed by atoms with Crippen LogP contribution in [0.5, 0.6) is 0 Å². The van der Waals surface area contributed by atoms with Crippen molar-refractivity contribution in [1.82, 2.24) is 24.8 Å². The van der Waals surface area contributed by atoms with Crippen molar-refractivity contribution < 1.29 is 14.3 Å². The minimum atomic E-state index is -0.357. The summed E-state index contributed by atoms with van der Waals surface area (Å²) in [7, 11) is 0. The van der Waals surface area contributed by atoms with E-state index < -0.39 is 0 Å². The Morgan fingerprint density at radius 2 is 1.52 bits per heavy atom. The number of carbonyl (C=O) groups excluding carboxylic acids is 2. The van der Waals surface area contributed by atoms with E-state index >= 15 is 0 Å². The number of hydrogen-bond acceptors (Lipinski definition) is 9. The van der Waals surface area contributed by atoms with Crippen molar-refractivity contribution >= 4 is 35.2 Å². The number of anilines is 4. The molecular formula is C28H35N9O3. The molecule has 2 aliphatic heterocycles. The molecule has 0 atom stereocenters. The Labute approximate surface area is 233 Å². The second-order valence-electron chi connectivity index (χ2n) is 10.1. The van der Waals surface area contributed by atoms with Gasteiger partial charge in [0.2, 0.25) is 17.8 Å². The van der Waals surface area contributed by atoms with E-state index in [1.165, 1.54) is 0 Å². The highest BCUT2D eigenvalue weighted by atomic mass is 16.5. The molecule has 0 aliphatic carbocycles. The van der Waals surface area contributed by atoms with Crippen molar-refractivity contribution in [1.29, 1.82) is 0 Å². The molecular weight excluding hydrogens is 510 g/mol. The molecule has 2 N–H and O–H groups in total. The van der Waals surface area contributed by atoms with E-state index in [1.807, 2.05) is 43.0 Å². The van der Waals surface area contributed by atoms with Gasteiger partial charge in [-0.05, 0) is 42.8 Å². The summed E-state index contributed by atoms with van der Waals surface area (Å²) in [6.45, 7) is 9.28. The smallest absolute Gasteiger partial charge is 0.323 e. The molecule has 210 valence electrons. The minimum absolute atomic E-state index is 0.0258. The molecule has 2 aliphatic rings. The van der Waals surface area contributed by atoms with Crippen LogP contribution in [-0.4, -0.2) is 89.3 Å². The molecule has 2 saturated heterocycles. The van der Waals surface area contributed by atoms with Crippen LogP contribution < -0.4 is 20.4 Å². The third kappa shape index (κ3) is 6.81. The quantitative estimate of drug-likeness (QED) is 0.480. The third-order valence-electron chi connectivity index (χ3n) is 6.81. The number of pyridine rings is 1. The molecule has 40 heavy (non-hydrogen) atoms. The molecule has 3 aromatic rings. The molecule has 0 saturated carbocycles. The molecule has 5 rings (SSSR count). The van der Waals surface area contributed by atoms with Crippen LogP contribution in [-0.2, 0) is 9.53 Å². The summed E-state index contributed by atoms with van der Waals surface area (Å²) < 4.78 is 5.53. The number of morpholine rings is 1. The second kappa shape index (κ2) is 12.7. The van der Waals surface area contributed by atoms with Crippen LogP contribution in [0.25, 0.3) is 11.4 Å². The van der Waals surface area contributed by atoms with Gasteiger partial charge < -0.3 is 30.1 Å². The van der Waals surface area contributed by atoms with Gasteiger partial charge in [0.1, 0.15) is 0 Å². The molecule has 1 aromatic carbocycles. The topological polar surface area (TPSA) is 129 Å². The molecule has 0 bridgehead atoms. The second-order valence-corrected chi connectivity index (χ2v) is 10.1. The summed E-state index contributed by atoms with van der Waals surface area (Å²) in [6, 6.07) is 10.6.